The fourth-order valence-electron chi connectivity index (χ4n) is 4.21. The van der Waals surface area contributed by atoms with Gasteiger partial charge in [-0.1, -0.05) is 18.2 Å². The molecular weight excluding hydrogens is 382 g/mol. The number of benzene rings is 2. The van der Waals surface area contributed by atoms with Crippen molar-refractivity contribution in [1.29, 1.82) is 0 Å². The maximum absolute atomic E-state index is 12.8. The first-order chi connectivity index (χ1) is 14.1. The summed E-state index contributed by atoms with van der Waals surface area (Å²) >= 11 is 1.59. The minimum absolute atomic E-state index is 0.196. The van der Waals surface area contributed by atoms with Crippen molar-refractivity contribution in [3.63, 3.8) is 0 Å². The van der Waals surface area contributed by atoms with E-state index in [1.807, 2.05) is 30.3 Å². The number of ether oxygens (including phenoxy) is 1. The number of rotatable bonds is 3. The number of anilines is 1. The molecule has 3 aromatic rings. The molecule has 0 N–H and O–H groups in total. The van der Waals surface area contributed by atoms with Crippen molar-refractivity contribution >= 4 is 33.2 Å². The van der Waals surface area contributed by atoms with Gasteiger partial charge in [0.15, 0.2) is 0 Å². The van der Waals surface area contributed by atoms with Gasteiger partial charge in [0.1, 0.15) is 16.7 Å². The number of nitrogens with zero attached hydrogens (tertiary/aromatic N) is 3. The summed E-state index contributed by atoms with van der Waals surface area (Å²) in [7, 11) is 0. The Morgan fingerprint density at radius 3 is 2.66 bits per heavy atom. The van der Waals surface area contributed by atoms with E-state index in [1.165, 1.54) is 0 Å². The molecule has 2 aliphatic heterocycles. The van der Waals surface area contributed by atoms with Crippen LogP contribution in [0.3, 0.4) is 0 Å². The Morgan fingerprint density at radius 2 is 1.90 bits per heavy atom. The fourth-order valence-corrected chi connectivity index (χ4v) is 5.27. The summed E-state index contributed by atoms with van der Waals surface area (Å²) in [5, 5.41) is 0.843. The Balaban J connectivity index is 1.35. The van der Waals surface area contributed by atoms with Crippen molar-refractivity contribution in [2.75, 3.05) is 31.1 Å². The average molecular weight is 408 g/mol. The fraction of sp³-hybridized carbons (Fsp3) is 0.391. The second-order valence-corrected chi connectivity index (χ2v) is 9.17. The van der Waals surface area contributed by atoms with Gasteiger partial charge in [0.2, 0.25) is 0 Å². The molecule has 1 aromatic heterocycles. The van der Waals surface area contributed by atoms with E-state index in [4.69, 9.17) is 4.74 Å². The minimum Gasteiger partial charge on any atom is -0.426 e. The molecular formula is C23H25N3O2S. The van der Waals surface area contributed by atoms with Crippen LogP contribution in [-0.2, 0) is 11.2 Å². The second kappa shape index (κ2) is 7.43. The lowest BCUT2D eigenvalue weighted by Gasteiger charge is -2.38. The van der Waals surface area contributed by atoms with Crippen LogP contribution < -0.4 is 9.64 Å². The number of aromatic nitrogens is 1. The van der Waals surface area contributed by atoms with Crippen LogP contribution in [0.4, 0.5) is 5.69 Å². The lowest BCUT2D eigenvalue weighted by molar-refractivity contribution is -0.137. The molecule has 1 saturated heterocycles. The summed E-state index contributed by atoms with van der Waals surface area (Å²) in [6.07, 6.45) is 0.648. The summed E-state index contributed by atoms with van der Waals surface area (Å²) in [4.78, 5) is 22.3. The summed E-state index contributed by atoms with van der Waals surface area (Å²) in [6, 6.07) is 14.9. The monoisotopic (exact) mass is 407 g/mol. The van der Waals surface area contributed by atoms with Crippen molar-refractivity contribution < 1.29 is 9.53 Å². The van der Waals surface area contributed by atoms with Gasteiger partial charge in [-0.15, -0.1) is 11.3 Å². The van der Waals surface area contributed by atoms with Crippen LogP contribution in [-0.4, -0.2) is 48.1 Å². The molecule has 2 aromatic carbocycles. The van der Waals surface area contributed by atoms with E-state index in [-0.39, 0.29) is 11.9 Å². The standard InChI is InChI=1S/C23H25N3O2S/c1-15(2)25-9-11-26(12-10-25)17-8-7-16-13-18(23(27)28-20(16)14-17)22-24-19-5-3-4-6-21(19)29-22/h3-8,14-15,18H,9-13H2,1-2H3. The normalized spacial score (nSPS) is 20.2. The number of esters is 1. The van der Waals surface area contributed by atoms with E-state index < -0.39 is 0 Å². The number of carbonyl (C=O) groups excluding carboxylic acids is 1. The molecule has 0 saturated carbocycles. The molecule has 0 bridgehead atoms. The van der Waals surface area contributed by atoms with E-state index in [2.05, 4.69) is 40.8 Å². The number of fused-ring (bicyclic) bond motifs is 2. The van der Waals surface area contributed by atoms with Gasteiger partial charge in [0.25, 0.3) is 0 Å². The van der Waals surface area contributed by atoms with Crippen LogP contribution >= 0.6 is 11.3 Å². The molecule has 150 valence electrons. The number of piperazine rings is 1. The largest absolute Gasteiger partial charge is 0.426 e. The van der Waals surface area contributed by atoms with Crippen LogP contribution in [0, 0.1) is 0 Å². The lowest BCUT2D eigenvalue weighted by atomic mass is 9.96. The molecule has 0 aliphatic carbocycles. The Bertz CT molecular complexity index is 1020. The van der Waals surface area contributed by atoms with E-state index in [9.17, 15) is 4.79 Å². The molecule has 0 spiro atoms. The molecule has 1 unspecified atom stereocenters. The van der Waals surface area contributed by atoms with E-state index in [0.717, 1.165) is 52.7 Å². The molecule has 1 atom stereocenters. The van der Waals surface area contributed by atoms with Crippen molar-refractivity contribution in [2.24, 2.45) is 0 Å². The van der Waals surface area contributed by atoms with Crippen molar-refractivity contribution in [1.82, 2.24) is 9.88 Å². The minimum atomic E-state index is -0.319. The van der Waals surface area contributed by atoms with Crippen molar-refractivity contribution in [3.05, 3.63) is 53.0 Å². The molecule has 1 fully saturated rings. The quantitative estimate of drug-likeness (QED) is 0.484. The Labute approximate surface area is 174 Å². The summed E-state index contributed by atoms with van der Waals surface area (Å²) in [6.45, 7) is 8.62. The molecule has 0 amide bonds. The average Bonchev–Trinajstić information content (AvgIpc) is 3.17. The number of hydrogen-bond acceptors (Lipinski definition) is 6. The van der Waals surface area contributed by atoms with Crippen LogP contribution in [0.25, 0.3) is 10.2 Å². The van der Waals surface area contributed by atoms with Crippen LogP contribution in [0.1, 0.15) is 30.3 Å². The highest BCUT2D eigenvalue weighted by atomic mass is 32.1. The van der Waals surface area contributed by atoms with Gasteiger partial charge in [-0.25, -0.2) is 4.98 Å². The molecule has 3 heterocycles. The van der Waals surface area contributed by atoms with Gasteiger partial charge in [0.05, 0.1) is 10.2 Å². The molecule has 5 nitrogen and oxygen atoms in total. The SMILES string of the molecule is CC(C)N1CCN(c2ccc3c(c2)OC(=O)C(c2nc4ccccc4s2)C3)CC1. The second-order valence-electron chi connectivity index (χ2n) is 8.11. The van der Waals surface area contributed by atoms with Gasteiger partial charge in [0, 0.05) is 44.0 Å². The zero-order valence-corrected chi connectivity index (χ0v) is 17.6. The first-order valence-corrected chi connectivity index (χ1v) is 11.1. The van der Waals surface area contributed by atoms with E-state index in [0.29, 0.717) is 18.2 Å². The highest BCUT2D eigenvalue weighted by Crippen LogP contribution is 2.38. The Hall–Kier alpha value is -2.44. The zero-order chi connectivity index (χ0) is 20.0. The number of para-hydroxylation sites is 1. The molecule has 0 radical (unpaired) electrons. The molecule has 6 heteroatoms. The number of carbonyl (C=O) groups is 1. The third-order valence-electron chi connectivity index (χ3n) is 5.99. The van der Waals surface area contributed by atoms with Gasteiger partial charge in [-0.3, -0.25) is 9.69 Å². The van der Waals surface area contributed by atoms with Crippen LogP contribution in [0.2, 0.25) is 0 Å². The molecule has 5 rings (SSSR count). The third kappa shape index (κ3) is 3.51. The highest BCUT2D eigenvalue weighted by molar-refractivity contribution is 7.18. The number of hydrogen-bond donors (Lipinski definition) is 0. The van der Waals surface area contributed by atoms with Gasteiger partial charge < -0.3 is 9.64 Å². The molecule has 2 aliphatic rings. The first-order valence-electron chi connectivity index (χ1n) is 10.3. The van der Waals surface area contributed by atoms with Gasteiger partial charge in [-0.05, 0) is 44.0 Å². The maximum atomic E-state index is 12.8. The Kier molecular flexibility index (Phi) is 4.76. The molecule has 29 heavy (non-hydrogen) atoms. The third-order valence-corrected chi connectivity index (χ3v) is 7.14. The van der Waals surface area contributed by atoms with Gasteiger partial charge in [-0.2, -0.15) is 0 Å². The summed E-state index contributed by atoms with van der Waals surface area (Å²) in [5.74, 6) is 0.190. The highest BCUT2D eigenvalue weighted by Gasteiger charge is 2.33. The summed E-state index contributed by atoms with van der Waals surface area (Å²) < 4.78 is 6.88. The maximum Gasteiger partial charge on any atom is 0.321 e. The van der Waals surface area contributed by atoms with E-state index in [1.54, 1.807) is 11.3 Å². The lowest BCUT2D eigenvalue weighted by Crippen LogP contribution is -2.48. The topological polar surface area (TPSA) is 45.7 Å². The predicted molar refractivity (Wildman–Crippen MR) is 117 cm³/mol. The van der Waals surface area contributed by atoms with Crippen molar-refractivity contribution in [3.8, 4) is 5.75 Å². The van der Waals surface area contributed by atoms with Crippen LogP contribution in [0.15, 0.2) is 42.5 Å². The predicted octanol–water partition coefficient (Wildman–Crippen LogP) is 4.07. The van der Waals surface area contributed by atoms with E-state index >= 15 is 0 Å². The zero-order valence-electron chi connectivity index (χ0n) is 16.8. The van der Waals surface area contributed by atoms with Gasteiger partial charge >= 0.3 is 5.97 Å². The first kappa shape index (κ1) is 18.6. The number of thiazole rings is 1. The van der Waals surface area contributed by atoms with Crippen LogP contribution in [0.5, 0.6) is 5.75 Å². The van der Waals surface area contributed by atoms with Crippen molar-refractivity contribution in [2.45, 2.75) is 32.2 Å². The Morgan fingerprint density at radius 1 is 1.10 bits per heavy atom. The smallest absolute Gasteiger partial charge is 0.321 e. The summed E-state index contributed by atoms with van der Waals surface area (Å²) in [5.41, 5.74) is 3.17.